The first-order chi connectivity index (χ1) is 9.22. The summed E-state index contributed by atoms with van der Waals surface area (Å²) in [5.41, 5.74) is 0.517. The molecule has 19 heavy (non-hydrogen) atoms. The van der Waals surface area contributed by atoms with Gasteiger partial charge in [-0.05, 0) is 12.1 Å². The molecule has 0 bridgehead atoms. The molecule has 0 spiro atoms. The minimum atomic E-state index is -0.445. The van der Waals surface area contributed by atoms with Crippen molar-refractivity contribution in [3.8, 4) is 0 Å². The van der Waals surface area contributed by atoms with Crippen LogP contribution in [0.1, 0.15) is 23.2 Å². The van der Waals surface area contributed by atoms with Gasteiger partial charge in [0.2, 0.25) is 0 Å². The summed E-state index contributed by atoms with van der Waals surface area (Å²) in [5.74, 6) is -0.362. The highest BCUT2D eigenvalue weighted by Crippen LogP contribution is 2.23. The zero-order chi connectivity index (χ0) is 13.7. The smallest absolute Gasteiger partial charge is 0.338 e. The summed E-state index contributed by atoms with van der Waals surface area (Å²) in [4.78, 5) is 11.9. The molecule has 1 fully saturated rings. The fourth-order valence-corrected chi connectivity index (χ4v) is 2.09. The lowest BCUT2D eigenvalue weighted by Gasteiger charge is -2.33. The van der Waals surface area contributed by atoms with Crippen LogP contribution in [0.15, 0.2) is 30.3 Å². The third kappa shape index (κ3) is 3.76. The molecule has 1 saturated heterocycles. The second kappa shape index (κ2) is 6.65. The van der Waals surface area contributed by atoms with E-state index in [4.69, 9.17) is 19.3 Å². The SMILES string of the molecule is CO[C@@H]1C[C@H](OC(=O)c2ccccc2)C[C@@H](CO)O1. The predicted octanol–water partition coefficient (Wildman–Crippen LogP) is 1.36. The molecular formula is C14H18O5. The van der Waals surface area contributed by atoms with Crippen molar-refractivity contribution in [1.29, 1.82) is 0 Å². The molecule has 1 aliphatic heterocycles. The van der Waals surface area contributed by atoms with Crippen molar-refractivity contribution in [2.45, 2.75) is 31.3 Å². The van der Waals surface area contributed by atoms with Crippen molar-refractivity contribution in [3.05, 3.63) is 35.9 Å². The van der Waals surface area contributed by atoms with Crippen LogP contribution in [0.4, 0.5) is 0 Å². The van der Waals surface area contributed by atoms with Gasteiger partial charge in [-0.3, -0.25) is 0 Å². The lowest BCUT2D eigenvalue weighted by molar-refractivity contribution is -0.210. The number of carbonyl (C=O) groups excluding carboxylic acids is 1. The Morgan fingerprint density at radius 1 is 1.37 bits per heavy atom. The molecule has 3 atom stereocenters. The van der Waals surface area contributed by atoms with Gasteiger partial charge in [0.05, 0.1) is 18.3 Å². The first kappa shape index (κ1) is 14.0. The van der Waals surface area contributed by atoms with Crippen LogP contribution in [-0.2, 0) is 14.2 Å². The summed E-state index contributed by atoms with van der Waals surface area (Å²) in [6.07, 6.45) is -0.143. The van der Waals surface area contributed by atoms with E-state index in [-0.39, 0.29) is 24.8 Å². The summed E-state index contributed by atoms with van der Waals surface area (Å²) >= 11 is 0. The maximum atomic E-state index is 11.9. The van der Waals surface area contributed by atoms with E-state index in [9.17, 15) is 4.79 Å². The molecule has 0 saturated carbocycles. The minimum Gasteiger partial charge on any atom is -0.458 e. The molecule has 1 heterocycles. The summed E-state index contributed by atoms with van der Waals surface area (Å²) in [7, 11) is 1.53. The van der Waals surface area contributed by atoms with Crippen molar-refractivity contribution in [1.82, 2.24) is 0 Å². The zero-order valence-corrected chi connectivity index (χ0v) is 10.8. The Hall–Kier alpha value is -1.43. The average Bonchev–Trinajstić information content (AvgIpc) is 2.47. The first-order valence-electron chi connectivity index (χ1n) is 6.28. The number of hydrogen-bond donors (Lipinski definition) is 1. The third-order valence-electron chi connectivity index (χ3n) is 3.08. The molecule has 1 aromatic rings. The van der Waals surface area contributed by atoms with Gasteiger partial charge < -0.3 is 19.3 Å². The maximum absolute atomic E-state index is 11.9. The molecule has 0 aliphatic carbocycles. The van der Waals surface area contributed by atoms with Crippen molar-refractivity contribution < 1.29 is 24.1 Å². The Balaban J connectivity index is 1.96. The summed E-state index contributed by atoms with van der Waals surface area (Å²) in [6.45, 7) is -0.112. The van der Waals surface area contributed by atoms with Gasteiger partial charge in [0, 0.05) is 20.0 Å². The van der Waals surface area contributed by atoms with Crippen LogP contribution >= 0.6 is 0 Å². The maximum Gasteiger partial charge on any atom is 0.338 e. The zero-order valence-electron chi connectivity index (χ0n) is 10.8. The number of methoxy groups -OCH3 is 1. The van der Waals surface area contributed by atoms with E-state index in [0.29, 0.717) is 18.4 Å². The van der Waals surface area contributed by atoms with Gasteiger partial charge in [0.25, 0.3) is 0 Å². The molecule has 104 valence electrons. The van der Waals surface area contributed by atoms with Crippen LogP contribution in [0.25, 0.3) is 0 Å². The number of hydrogen-bond acceptors (Lipinski definition) is 5. The van der Waals surface area contributed by atoms with E-state index in [0.717, 1.165) is 0 Å². The summed E-state index contributed by atoms with van der Waals surface area (Å²) in [6, 6.07) is 8.83. The van der Waals surface area contributed by atoms with E-state index in [1.165, 1.54) is 7.11 Å². The number of carbonyl (C=O) groups is 1. The van der Waals surface area contributed by atoms with Gasteiger partial charge in [-0.15, -0.1) is 0 Å². The molecule has 0 aromatic heterocycles. The van der Waals surface area contributed by atoms with Crippen molar-refractivity contribution >= 4 is 5.97 Å². The quantitative estimate of drug-likeness (QED) is 0.833. The number of benzene rings is 1. The molecule has 2 rings (SSSR count). The highest BCUT2D eigenvalue weighted by molar-refractivity contribution is 5.89. The third-order valence-corrected chi connectivity index (χ3v) is 3.08. The van der Waals surface area contributed by atoms with Crippen molar-refractivity contribution in [3.63, 3.8) is 0 Å². The molecule has 0 radical (unpaired) electrons. The molecule has 5 nitrogen and oxygen atoms in total. The Kier molecular flexibility index (Phi) is 4.90. The molecule has 1 N–H and O–H groups in total. The highest BCUT2D eigenvalue weighted by atomic mass is 16.7. The average molecular weight is 266 g/mol. The van der Waals surface area contributed by atoms with Crippen LogP contribution in [-0.4, -0.2) is 43.3 Å². The number of rotatable bonds is 4. The summed E-state index contributed by atoms with van der Waals surface area (Å²) < 4.78 is 16.0. The lowest BCUT2D eigenvalue weighted by atomic mass is 10.1. The predicted molar refractivity (Wildman–Crippen MR) is 67.6 cm³/mol. The van der Waals surface area contributed by atoms with Crippen molar-refractivity contribution in [2.24, 2.45) is 0 Å². The molecule has 1 aromatic carbocycles. The van der Waals surface area contributed by atoms with E-state index in [1.807, 2.05) is 6.07 Å². The molecular weight excluding hydrogens is 248 g/mol. The Bertz CT molecular complexity index is 394. The van der Waals surface area contributed by atoms with Gasteiger partial charge >= 0.3 is 5.97 Å². The largest absolute Gasteiger partial charge is 0.458 e. The standard InChI is InChI=1S/C14H18O5/c1-17-13-8-11(7-12(9-15)18-13)19-14(16)10-5-3-2-4-6-10/h2-6,11-13,15H,7-9H2,1H3/t11-,12+,13+/m1/s1. The summed E-state index contributed by atoms with van der Waals surface area (Å²) in [5, 5.41) is 9.15. The van der Waals surface area contributed by atoms with Crippen molar-refractivity contribution in [2.75, 3.05) is 13.7 Å². The Morgan fingerprint density at radius 3 is 2.74 bits per heavy atom. The van der Waals surface area contributed by atoms with E-state index >= 15 is 0 Å². The normalized spacial score (nSPS) is 26.9. The molecule has 0 amide bonds. The van der Waals surface area contributed by atoms with E-state index < -0.39 is 6.29 Å². The fraction of sp³-hybridized carbons (Fsp3) is 0.500. The number of aliphatic hydroxyl groups excluding tert-OH is 1. The van der Waals surface area contributed by atoms with Crippen LogP contribution < -0.4 is 0 Å². The van der Waals surface area contributed by atoms with Crippen LogP contribution in [0.2, 0.25) is 0 Å². The Morgan fingerprint density at radius 2 is 2.11 bits per heavy atom. The Labute approximate surface area is 112 Å². The van der Waals surface area contributed by atoms with E-state index in [2.05, 4.69) is 0 Å². The molecule has 1 aliphatic rings. The van der Waals surface area contributed by atoms with Gasteiger partial charge in [-0.2, -0.15) is 0 Å². The first-order valence-corrected chi connectivity index (χ1v) is 6.28. The van der Waals surface area contributed by atoms with Gasteiger partial charge in [-0.1, -0.05) is 18.2 Å². The number of ether oxygens (including phenoxy) is 3. The van der Waals surface area contributed by atoms with Gasteiger partial charge in [0.1, 0.15) is 6.10 Å². The van der Waals surface area contributed by atoms with Crippen LogP contribution in [0, 0.1) is 0 Å². The second-order valence-corrected chi connectivity index (χ2v) is 4.47. The van der Waals surface area contributed by atoms with E-state index in [1.54, 1.807) is 24.3 Å². The molecule has 0 unspecified atom stereocenters. The van der Waals surface area contributed by atoms with Crippen LogP contribution in [0.5, 0.6) is 0 Å². The highest BCUT2D eigenvalue weighted by Gasteiger charge is 2.31. The topological polar surface area (TPSA) is 65.0 Å². The second-order valence-electron chi connectivity index (χ2n) is 4.47. The fourth-order valence-electron chi connectivity index (χ4n) is 2.09. The minimum absolute atomic E-state index is 0.112. The van der Waals surface area contributed by atoms with Gasteiger partial charge in [-0.25, -0.2) is 4.79 Å². The number of aliphatic hydroxyl groups is 1. The molecule has 5 heteroatoms. The van der Waals surface area contributed by atoms with Crippen LogP contribution in [0.3, 0.4) is 0 Å². The van der Waals surface area contributed by atoms with Gasteiger partial charge in [0.15, 0.2) is 6.29 Å². The number of esters is 1. The monoisotopic (exact) mass is 266 g/mol. The lowest BCUT2D eigenvalue weighted by Crippen LogP contribution is -2.40.